The maximum absolute atomic E-state index is 11.7. The van der Waals surface area contributed by atoms with Gasteiger partial charge in [-0.15, -0.1) is 0 Å². The van der Waals surface area contributed by atoms with E-state index in [0.717, 1.165) is 59.8 Å². The summed E-state index contributed by atoms with van der Waals surface area (Å²) in [6.07, 6.45) is 5.55. The van der Waals surface area contributed by atoms with Crippen LogP contribution in [0.25, 0.3) is 5.57 Å². The zero-order valence-corrected chi connectivity index (χ0v) is 22.7. The van der Waals surface area contributed by atoms with E-state index < -0.39 is 5.60 Å². The molecule has 3 aromatic rings. The molecule has 2 aromatic carbocycles. The first kappa shape index (κ1) is 26.7. The summed E-state index contributed by atoms with van der Waals surface area (Å²) in [6.45, 7) is 7.35. The zero-order valence-electron chi connectivity index (χ0n) is 22.0. The van der Waals surface area contributed by atoms with E-state index in [4.69, 9.17) is 21.1 Å². The number of rotatable bonds is 7. The van der Waals surface area contributed by atoms with E-state index in [0.29, 0.717) is 23.8 Å². The normalized spacial score (nSPS) is 21.8. The van der Waals surface area contributed by atoms with Gasteiger partial charge in [0, 0.05) is 47.4 Å². The molecule has 0 spiro atoms. The van der Waals surface area contributed by atoms with Crippen LogP contribution in [0.3, 0.4) is 0 Å². The van der Waals surface area contributed by atoms with Gasteiger partial charge in [-0.25, -0.2) is 0 Å². The molecule has 0 amide bonds. The number of hydrogen-bond donors (Lipinski definition) is 2. The molecule has 1 aromatic heterocycles. The van der Waals surface area contributed by atoms with Crippen molar-refractivity contribution in [2.45, 2.75) is 38.9 Å². The molecular formula is C31H35ClN2O4. The molecule has 2 aliphatic heterocycles. The minimum atomic E-state index is -0.903. The summed E-state index contributed by atoms with van der Waals surface area (Å²) in [5, 5.41) is 21.6. The summed E-state index contributed by atoms with van der Waals surface area (Å²) in [7, 11) is 0. The number of nitrogens with zero attached hydrogens (tertiary/aromatic N) is 2. The lowest BCUT2D eigenvalue weighted by Gasteiger charge is -2.50. The molecule has 200 valence electrons. The van der Waals surface area contributed by atoms with Crippen LogP contribution in [0.5, 0.6) is 11.5 Å². The molecule has 0 saturated carbocycles. The number of fused-ring (bicyclic) bond motifs is 2. The van der Waals surface area contributed by atoms with Gasteiger partial charge in [0.1, 0.15) is 24.7 Å². The highest BCUT2D eigenvalue weighted by Gasteiger charge is 2.48. The molecule has 2 N–H and O–H groups in total. The summed E-state index contributed by atoms with van der Waals surface area (Å²) in [5.74, 6) is 1.48. The minimum absolute atomic E-state index is 0.0393. The van der Waals surface area contributed by atoms with Crippen LogP contribution in [0.2, 0.25) is 5.02 Å². The quantitative estimate of drug-likeness (QED) is 0.420. The fourth-order valence-corrected chi connectivity index (χ4v) is 5.80. The Morgan fingerprint density at radius 3 is 2.71 bits per heavy atom. The average Bonchev–Trinajstić information content (AvgIpc) is 3.06. The Morgan fingerprint density at radius 2 is 1.95 bits per heavy atom. The molecule has 1 fully saturated rings. The molecular weight excluding hydrogens is 500 g/mol. The van der Waals surface area contributed by atoms with Gasteiger partial charge in [0.15, 0.2) is 0 Å². The van der Waals surface area contributed by atoms with Crippen molar-refractivity contribution in [3.8, 4) is 11.5 Å². The largest absolute Gasteiger partial charge is 0.491 e. The molecule has 38 heavy (non-hydrogen) atoms. The Morgan fingerprint density at radius 1 is 1.13 bits per heavy atom. The van der Waals surface area contributed by atoms with E-state index in [-0.39, 0.29) is 18.6 Å². The maximum Gasteiger partial charge on any atom is 0.131 e. The summed E-state index contributed by atoms with van der Waals surface area (Å²) >= 11 is 6.09. The number of likely N-dealkylation sites (tertiary alicyclic amines) is 1. The molecule has 5 rings (SSSR count). The van der Waals surface area contributed by atoms with Crippen LogP contribution in [-0.4, -0.2) is 52.9 Å². The van der Waals surface area contributed by atoms with Crippen LogP contribution in [0.1, 0.15) is 49.1 Å². The number of piperidine rings is 1. The lowest BCUT2D eigenvalue weighted by Crippen LogP contribution is -2.55. The van der Waals surface area contributed by atoms with Gasteiger partial charge in [0.2, 0.25) is 0 Å². The molecule has 0 radical (unpaired) electrons. The van der Waals surface area contributed by atoms with E-state index in [1.807, 2.05) is 48.5 Å². The molecule has 7 heteroatoms. The molecule has 6 nitrogen and oxygen atoms in total. The highest BCUT2D eigenvalue weighted by Crippen LogP contribution is 2.46. The Balaban J connectivity index is 1.36. The topological polar surface area (TPSA) is 75.1 Å². The number of hydrogen-bond acceptors (Lipinski definition) is 6. The van der Waals surface area contributed by atoms with Gasteiger partial charge in [0.25, 0.3) is 0 Å². The SMILES string of the molecule is CC1(C)CN(CC/C=C2\c3cc(OCCO)ccc3OCc3ncccc32)CCC1(O)c1ccc(Cl)cc1. The van der Waals surface area contributed by atoms with Crippen molar-refractivity contribution in [3.05, 3.63) is 94.3 Å². The fourth-order valence-electron chi connectivity index (χ4n) is 5.68. The van der Waals surface area contributed by atoms with Crippen LogP contribution in [0, 0.1) is 5.41 Å². The standard InChI is InChI=1S/C31H35ClN2O4/c1-30(2)21-34(16-13-31(30,36)22-7-9-23(32)10-8-22)15-4-6-25-26-5-3-14-33-28(26)20-38-29-12-11-24(19-27(25)29)37-18-17-35/h3,5-12,14,19,35-36H,4,13,15-18,20-21H2,1-2H3/b25-6-. The van der Waals surface area contributed by atoms with Crippen LogP contribution in [0.4, 0.5) is 0 Å². The van der Waals surface area contributed by atoms with Gasteiger partial charge in [-0.05, 0) is 60.4 Å². The molecule has 1 atom stereocenters. The van der Waals surface area contributed by atoms with Crippen molar-refractivity contribution >= 4 is 17.2 Å². The Hall–Kier alpha value is -2.90. The highest BCUT2D eigenvalue weighted by molar-refractivity contribution is 6.30. The second-order valence-electron chi connectivity index (χ2n) is 10.7. The van der Waals surface area contributed by atoms with Gasteiger partial charge in [-0.3, -0.25) is 4.98 Å². The second-order valence-corrected chi connectivity index (χ2v) is 11.1. The van der Waals surface area contributed by atoms with Gasteiger partial charge < -0.3 is 24.6 Å². The number of aliphatic hydroxyl groups is 2. The third-order valence-corrected chi connectivity index (χ3v) is 8.04. The second kappa shape index (κ2) is 11.1. The number of aliphatic hydroxyl groups excluding tert-OH is 1. The van der Waals surface area contributed by atoms with Crippen LogP contribution in [0.15, 0.2) is 66.9 Å². The number of ether oxygens (including phenoxy) is 2. The zero-order chi connectivity index (χ0) is 26.8. The lowest BCUT2D eigenvalue weighted by atomic mass is 9.66. The molecule has 2 aliphatic rings. The van der Waals surface area contributed by atoms with Gasteiger partial charge in [0.05, 0.1) is 17.9 Å². The summed E-state index contributed by atoms with van der Waals surface area (Å²) in [5.41, 5.74) is 3.69. The van der Waals surface area contributed by atoms with Gasteiger partial charge >= 0.3 is 0 Å². The number of halogens is 1. The average molecular weight is 535 g/mol. The molecule has 0 bridgehead atoms. The molecule has 0 aliphatic carbocycles. The van der Waals surface area contributed by atoms with Crippen LogP contribution in [-0.2, 0) is 12.2 Å². The van der Waals surface area contributed by atoms with Crippen molar-refractivity contribution in [2.24, 2.45) is 5.41 Å². The lowest BCUT2D eigenvalue weighted by molar-refractivity contribution is -0.125. The predicted molar refractivity (Wildman–Crippen MR) is 149 cm³/mol. The summed E-state index contributed by atoms with van der Waals surface area (Å²) in [6, 6.07) is 17.4. The first-order valence-electron chi connectivity index (χ1n) is 13.2. The Kier molecular flexibility index (Phi) is 7.78. The van der Waals surface area contributed by atoms with Crippen molar-refractivity contribution < 1.29 is 19.7 Å². The third-order valence-electron chi connectivity index (χ3n) is 7.79. The minimum Gasteiger partial charge on any atom is -0.491 e. The number of benzene rings is 2. The van der Waals surface area contributed by atoms with Gasteiger partial charge in [-0.2, -0.15) is 0 Å². The third kappa shape index (κ3) is 5.32. The van der Waals surface area contributed by atoms with E-state index in [9.17, 15) is 10.2 Å². The van der Waals surface area contributed by atoms with E-state index in [1.54, 1.807) is 6.20 Å². The van der Waals surface area contributed by atoms with Crippen molar-refractivity contribution in [3.63, 3.8) is 0 Å². The smallest absolute Gasteiger partial charge is 0.131 e. The van der Waals surface area contributed by atoms with Crippen molar-refractivity contribution in [1.29, 1.82) is 0 Å². The maximum atomic E-state index is 11.7. The van der Waals surface area contributed by atoms with E-state index >= 15 is 0 Å². The van der Waals surface area contributed by atoms with Crippen LogP contribution >= 0.6 is 11.6 Å². The monoisotopic (exact) mass is 534 g/mol. The Labute approximate surface area is 229 Å². The summed E-state index contributed by atoms with van der Waals surface area (Å²) < 4.78 is 11.8. The summed E-state index contributed by atoms with van der Waals surface area (Å²) in [4.78, 5) is 7.01. The molecule has 1 saturated heterocycles. The van der Waals surface area contributed by atoms with Crippen molar-refractivity contribution in [2.75, 3.05) is 32.8 Å². The molecule has 1 unspecified atom stereocenters. The Bertz CT molecular complexity index is 1310. The van der Waals surface area contributed by atoms with Gasteiger partial charge in [-0.1, -0.05) is 49.7 Å². The fraction of sp³-hybridized carbons (Fsp3) is 0.387. The van der Waals surface area contributed by atoms with E-state index in [1.165, 1.54) is 0 Å². The number of pyridine rings is 1. The first-order chi connectivity index (χ1) is 18.3. The van der Waals surface area contributed by atoms with Crippen molar-refractivity contribution in [1.82, 2.24) is 9.88 Å². The first-order valence-corrected chi connectivity index (χ1v) is 13.5. The molecule has 3 heterocycles. The van der Waals surface area contributed by atoms with E-state index in [2.05, 4.69) is 35.9 Å². The number of aromatic nitrogens is 1. The highest BCUT2D eigenvalue weighted by atomic mass is 35.5. The van der Waals surface area contributed by atoms with Crippen LogP contribution < -0.4 is 9.47 Å². The predicted octanol–water partition coefficient (Wildman–Crippen LogP) is 5.44.